The molecule has 0 aromatic carbocycles. The summed E-state index contributed by atoms with van der Waals surface area (Å²) in [7, 11) is 0. The normalized spacial score (nSPS) is 22.4. The molecule has 0 saturated carbocycles. The molecule has 0 amide bonds. The van der Waals surface area contributed by atoms with Crippen LogP contribution in [0.5, 0.6) is 0 Å². The predicted molar refractivity (Wildman–Crippen MR) is 39.5 cm³/mol. The zero-order valence-electron chi connectivity index (χ0n) is 6.66. The number of carbonyl (C=O) groups is 1. The molecule has 4 nitrogen and oxygen atoms in total. The van der Waals surface area contributed by atoms with Crippen LogP contribution in [0, 0.1) is 0 Å². The Hall–Kier alpha value is -1.06. The fourth-order valence-electron chi connectivity index (χ4n) is 0.853. The average Bonchev–Trinajstić information content (AvgIpc) is 2.36. The smallest absolute Gasteiger partial charge is 0.334 e. The van der Waals surface area contributed by atoms with E-state index in [9.17, 15) is 4.79 Å². The van der Waals surface area contributed by atoms with Crippen LogP contribution in [0.3, 0.4) is 0 Å². The standard InChI is InChI=1S/C7H11NO3/c1-3-10-7(9)6-4-11-5(2)8-6/h6H,3-4H2,1-2H3. The van der Waals surface area contributed by atoms with Crippen LogP contribution in [0.4, 0.5) is 0 Å². The van der Waals surface area contributed by atoms with Gasteiger partial charge in [0, 0.05) is 6.92 Å². The topological polar surface area (TPSA) is 47.9 Å². The molecule has 62 valence electrons. The largest absolute Gasteiger partial charge is 0.478 e. The number of ether oxygens (including phenoxy) is 2. The van der Waals surface area contributed by atoms with Crippen LogP contribution >= 0.6 is 0 Å². The van der Waals surface area contributed by atoms with Gasteiger partial charge in [-0.1, -0.05) is 0 Å². The molecule has 0 N–H and O–H groups in total. The van der Waals surface area contributed by atoms with Crippen molar-refractivity contribution >= 4 is 11.9 Å². The van der Waals surface area contributed by atoms with E-state index in [1.807, 2.05) is 0 Å². The van der Waals surface area contributed by atoms with Gasteiger partial charge < -0.3 is 9.47 Å². The van der Waals surface area contributed by atoms with Crippen molar-refractivity contribution in [1.82, 2.24) is 0 Å². The third kappa shape index (κ3) is 1.93. The van der Waals surface area contributed by atoms with Crippen molar-refractivity contribution in [2.24, 2.45) is 4.99 Å². The van der Waals surface area contributed by atoms with Gasteiger partial charge in [-0.3, -0.25) is 0 Å². The summed E-state index contributed by atoms with van der Waals surface area (Å²) in [5.41, 5.74) is 0. The van der Waals surface area contributed by atoms with Crippen LogP contribution in [-0.2, 0) is 14.3 Å². The van der Waals surface area contributed by atoms with Crippen molar-refractivity contribution in [2.45, 2.75) is 19.9 Å². The lowest BCUT2D eigenvalue weighted by Crippen LogP contribution is -2.22. The Morgan fingerprint density at radius 1 is 1.91 bits per heavy atom. The van der Waals surface area contributed by atoms with Crippen molar-refractivity contribution in [3.05, 3.63) is 0 Å². The summed E-state index contributed by atoms with van der Waals surface area (Å²) in [4.78, 5) is 14.9. The van der Waals surface area contributed by atoms with Gasteiger partial charge >= 0.3 is 5.97 Å². The number of carbonyl (C=O) groups excluding carboxylic acids is 1. The van der Waals surface area contributed by atoms with Crippen molar-refractivity contribution in [3.8, 4) is 0 Å². The Kier molecular flexibility index (Phi) is 2.46. The van der Waals surface area contributed by atoms with E-state index < -0.39 is 6.04 Å². The Morgan fingerprint density at radius 3 is 3.09 bits per heavy atom. The van der Waals surface area contributed by atoms with E-state index in [-0.39, 0.29) is 5.97 Å². The van der Waals surface area contributed by atoms with Gasteiger partial charge in [0.25, 0.3) is 0 Å². The van der Waals surface area contributed by atoms with Gasteiger partial charge in [0.1, 0.15) is 6.61 Å². The second-order valence-electron chi connectivity index (χ2n) is 2.23. The molecule has 1 rings (SSSR count). The highest BCUT2D eigenvalue weighted by molar-refractivity contribution is 5.84. The van der Waals surface area contributed by atoms with Gasteiger partial charge in [-0.05, 0) is 6.92 Å². The molecular formula is C7H11NO3. The molecule has 0 aromatic heterocycles. The average molecular weight is 157 g/mol. The highest BCUT2D eigenvalue weighted by Gasteiger charge is 2.24. The zero-order chi connectivity index (χ0) is 8.27. The quantitative estimate of drug-likeness (QED) is 0.544. The van der Waals surface area contributed by atoms with E-state index in [1.165, 1.54) is 0 Å². The summed E-state index contributed by atoms with van der Waals surface area (Å²) in [6.45, 7) is 4.21. The Labute approximate surface area is 65.2 Å². The summed E-state index contributed by atoms with van der Waals surface area (Å²) >= 11 is 0. The zero-order valence-corrected chi connectivity index (χ0v) is 6.66. The van der Waals surface area contributed by atoms with Crippen molar-refractivity contribution in [3.63, 3.8) is 0 Å². The molecule has 0 aromatic rings. The first-order valence-corrected chi connectivity index (χ1v) is 3.58. The van der Waals surface area contributed by atoms with Crippen LogP contribution in [-0.4, -0.2) is 31.1 Å². The van der Waals surface area contributed by atoms with E-state index in [4.69, 9.17) is 9.47 Å². The number of nitrogens with zero attached hydrogens (tertiary/aromatic N) is 1. The Morgan fingerprint density at radius 2 is 2.64 bits per heavy atom. The SMILES string of the molecule is CCOC(=O)C1COC(C)=N1. The maximum Gasteiger partial charge on any atom is 0.334 e. The molecule has 1 heterocycles. The maximum absolute atomic E-state index is 11.0. The highest BCUT2D eigenvalue weighted by Crippen LogP contribution is 2.05. The van der Waals surface area contributed by atoms with E-state index in [0.717, 1.165) is 0 Å². The number of esters is 1. The van der Waals surface area contributed by atoms with Crippen molar-refractivity contribution in [1.29, 1.82) is 0 Å². The first-order valence-electron chi connectivity index (χ1n) is 3.58. The van der Waals surface area contributed by atoms with Gasteiger partial charge in [0.05, 0.1) is 6.61 Å². The molecule has 4 heteroatoms. The molecule has 0 radical (unpaired) electrons. The van der Waals surface area contributed by atoms with Crippen molar-refractivity contribution in [2.75, 3.05) is 13.2 Å². The van der Waals surface area contributed by atoms with Crippen LogP contribution < -0.4 is 0 Å². The Bertz CT molecular complexity index is 188. The molecule has 0 spiro atoms. The molecule has 11 heavy (non-hydrogen) atoms. The Balaban J connectivity index is 2.43. The van der Waals surface area contributed by atoms with Crippen LogP contribution in [0.2, 0.25) is 0 Å². The summed E-state index contributed by atoms with van der Waals surface area (Å²) in [6, 6.07) is -0.435. The van der Waals surface area contributed by atoms with E-state index in [2.05, 4.69) is 4.99 Å². The monoisotopic (exact) mass is 157 g/mol. The van der Waals surface area contributed by atoms with Crippen LogP contribution in [0.25, 0.3) is 0 Å². The van der Waals surface area contributed by atoms with Gasteiger partial charge in [-0.2, -0.15) is 0 Å². The molecular weight excluding hydrogens is 146 g/mol. The number of hydrogen-bond acceptors (Lipinski definition) is 4. The minimum Gasteiger partial charge on any atom is -0.478 e. The minimum atomic E-state index is -0.435. The third-order valence-electron chi connectivity index (χ3n) is 1.35. The summed E-state index contributed by atoms with van der Waals surface area (Å²) in [5, 5.41) is 0. The van der Waals surface area contributed by atoms with Crippen molar-refractivity contribution < 1.29 is 14.3 Å². The first-order chi connectivity index (χ1) is 5.24. The molecule has 0 bridgehead atoms. The van der Waals surface area contributed by atoms with Crippen LogP contribution in [0.1, 0.15) is 13.8 Å². The highest BCUT2D eigenvalue weighted by atomic mass is 16.5. The molecule has 1 atom stereocenters. The summed E-state index contributed by atoms with van der Waals surface area (Å²) in [5.74, 6) is 0.257. The van der Waals surface area contributed by atoms with Crippen LogP contribution in [0.15, 0.2) is 4.99 Å². The molecule has 1 unspecified atom stereocenters. The van der Waals surface area contributed by atoms with E-state index >= 15 is 0 Å². The summed E-state index contributed by atoms with van der Waals surface area (Å²) in [6.07, 6.45) is 0. The van der Waals surface area contributed by atoms with Gasteiger partial charge in [0.15, 0.2) is 11.9 Å². The van der Waals surface area contributed by atoms with Gasteiger partial charge in [-0.15, -0.1) is 0 Å². The molecule has 0 aliphatic carbocycles. The fourth-order valence-corrected chi connectivity index (χ4v) is 0.853. The molecule has 0 fully saturated rings. The lowest BCUT2D eigenvalue weighted by Gasteiger charge is -2.02. The predicted octanol–water partition coefficient (Wildman–Crippen LogP) is 0.367. The number of rotatable bonds is 2. The number of aliphatic imine (C=N–C) groups is 1. The fraction of sp³-hybridized carbons (Fsp3) is 0.714. The maximum atomic E-state index is 11.0. The molecule has 1 aliphatic heterocycles. The molecule has 1 aliphatic rings. The van der Waals surface area contributed by atoms with Gasteiger partial charge in [0.2, 0.25) is 0 Å². The first kappa shape index (κ1) is 8.04. The lowest BCUT2D eigenvalue weighted by atomic mass is 10.3. The lowest BCUT2D eigenvalue weighted by molar-refractivity contribution is -0.144. The molecule has 0 saturated heterocycles. The second-order valence-corrected chi connectivity index (χ2v) is 2.23. The minimum absolute atomic E-state index is 0.302. The van der Waals surface area contributed by atoms with Gasteiger partial charge in [-0.25, -0.2) is 9.79 Å². The van der Waals surface area contributed by atoms with E-state index in [0.29, 0.717) is 19.1 Å². The second kappa shape index (κ2) is 3.37. The summed E-state index contributed by atoms with van der Waals surface area (Å²) < 4.78 is 9.73. The number of hydrogen-bond donors (Lipinski definition) is 0. The third-order valence-corrected chi connectivity index (χ3v) is 1.35. The van der Waals surface area contributed by atoms with E-state index in [1.54, 1.807) is 13.8 Å².